The Bertz CT molecular complexity index is 1040. The third kappa shape index (κ3) is 4.04. The van der Waals surface area contributed by atoms with Gasteiger partial charge in [0.2, 0.25) is 10.0 Å². The number of nitrogens with zero attached hydrogens (tertiary/aromatic N) is 1. The smallest absolute Gasteiger partial charge is 0.208 e. The minimum absolute atomic E-state index is 0.254. The van der Waals surface area contributed by atoms with Gasteiger partial charge in [-0.2, -0.15) is 4.31 Å². The van der Waals surface area contributed by atoms with Gasteiger partial charge in [-0.1, -0.05) is 12.1 Å². The molecule has 0 bridgehead atoms. The fraction of sp³-hybridized carbons (Fsp3) is 0.474. The van der Waals surface area contributed by atoms with Gasteiger partial charge in [0.1, 0.15) is 4.21 Å². The third-order valence-electron chi connectivity index (χ3n) is 5.50. The van der Waals surface area contributed by atoms with Crippen molar-refractivity contribution in [1.29, 1.82) is 0 Å². The van der Waals surface area contributed by atoms with Crippen molar-refractivity contribution in [3.63, 3.8) is 0 Å². The molecule has 0 atom stereocenters. The summed E-state index contributed by atoms with van der Waals surface area (Å²) in [6.45, 7) is 0.634. The second kappa shape index (κ2) is 7.87. The molecule has 4 rings (SSSR count). The van der Waals surface area contributed by atoms with Crippen molar-refractivity contribution >= 4 is 31.4 Å². The first kappa shape index (κ1) is 20.0. The molecule has 28 heavy (non-hydrogen) atoms. The first-order chi connectivity index (χ1) is 13.4. The monoisotopic (exact) mass is 440 g/mol. The largest absolute Gasteiger partial charge is 0.252 e. The van der Waals surface area contributed by atoms with Crippen LogP contribution in [-0.2, 0) is 32.9 Å². The Morgan fingerprint density at radius 1 is 0.964 bits per heavy atom. The van der Waals surface area contributed by atoms with Crippen LogP contribution in [0.4, 0.5) is 0 Å². The summed E-state index contributed by atoms with van der Waals surface area (Å²) in [5.74, 6) is 0. The zero-order chi connectivity index (χ0) is 19.8. The van der Waals surface area contributed by atoms with Crippen LogP contribution in [0.3, 0.4) is 0 Å². The van der Waals surface area contributed by atoms with Crippen molar-refractivity contribution in [2.24, 2.45) is 0 Å². The summed E-state index contributed by atoms with van der Waals surface area (Å²) in [7, 11) is -7.08. The maximum Gasteiger partial charge on any atom is 0.252 e. The lowest BCUT2D eigenvalue weighted by Crippen LogP contribution is -2.46. The summed E-state index contributed by atoms with van der Waals surface area (Å²) in [5.41, 5.74) is 2.38. The number of thiophene rings is 1. The number of piperidine rings is 1. The summed E-state index contributed by atoms with van der Waals surface area (Å²) in [5, 5.41) is 1.74. The van der Waals surface area contributed by atoms with Crippen molar-refractivity contribution in [2.45, 2.75) is 53.7 Å². The number of sulfonamides is 2. The van der Waals surface area contributed by atoms with E-state index in [4.69, 9.17) is 0 Å². The van der Waals surface area contributed by atoms with Gasteiger partial charge in [-0.3, -0.25) is 0 Å². The van der Waals surface area contributed by atoms with Crippen LogP contribution in [0.5, 0.6) is 0 Å². The van der Waals surface area contributed by atoms with Crippen molar-refractivity contribution in [2.75, 3.05) is 13.1 Å². The molecule has 1 N–H and O–H groups in total. The van der Waals surface area contributed by atoms with E-state index in [1.165, 1.54) is 21.2 Å². The molecule has 1 aliphatic carbocycles. The Hall–Kier alpha value is -1.26. The van der Waals surface area contributed by atoms with E-state index in [9.17, 15) is 16.8 Å². The molecule has 2 aromatic rings. The number of hydrogen-bond acceptors (Lipinski definition) is 5. The van der Waals surface area contributed by atoms with E-state index < -0.39 is 20.0 Å². The molecule has 0 unspecified atom stereocenters. The topological polar surface area (TPSA) is 83.6 Å². The fourth-order valence-corrected chi connectivity index (χ4v) is 7.89. The minimum Gasteiger partial charge on any atom is -0.208 e. The predicted molar refractivity (Wildman–Crippen MR) is 110 cm³/mol. The fourth-order valence-electron chi connectivity index (χ4n) is 3.92. The number of benzene rings is 1. The zero-order valence-corrected chi connectivity index (χ0v) is 18.0. The standard InChI is InChI=1S/C19H24N2O4S3/c22-27(23,18-8-7-15-4-1-2-5-16(15)14-18)20-17-9-11-21(12-10-17)28(24,25)19-6-3-13-26-19/h3,6-8,13-14,17,20H,1-2,4-5,9-12H2. The van der Waals surface area contributed by atoms with Crippen LogP contribution in [0, 0.1) is 0 Å². The Balaban J connectivity index is 1.42. The van der Waals surface area contributed by atoms with Crippen molar-refractivity contribution in [3.8, 4) is 0 Å². The molecule has 1 aromatic heterocycles. The van der Waals surface area contributed by atoms with E-state index in [1.807, 2.05) is 6.07 Å². The lowest BCUT2D eigenvalue weighted by atomic mass is 9.92. The molecule has 1 aromatic carbocycles. The SMILES string of the molecule is O=S(=O)(NC1CCN(S(=O)(=O)c2cccs2)CC1)c1ccc2c(c1)CCCC2. The lowest BCUT2D eigenvalue weighted by Gasteiger charge is -2.31. The van der Waals surface area contributed by atoms with Gasteiger partial charge in [0.05, 0.1) is 4.90 Å². The third-order valence-corrected chi connectivity index (χ3v) is 10.3. The molecule has 6 nitrogen and oxygen atoms in total. The van der Waals surface area contributed by atoms with E-state index in [-0.39, 0.29) is 6.04 Å². The highest BCUT2D eigenvalue weighted by molar-refractivity contribution is 7.91. The summed E-state index contributed by atoms with van der Waals surface area (Å²) in [6, 6.07) is 8.48. The summed E-state index contributed by atoms with van der Waals surface area (Å²) in [6.07, 6.45) is 5.13. The quantitative estimate of drug-likeness (QED) is 0.775. The molecule has 0 radical (unpaired) electrons. The zero-order valence-electron chi connectivity index (χ0n) is 15.5. The van der Waals surface area contributed by atoms with Gasteiger partial charge in [-0.25, -0.2) is 21.6 Å². The van der Waals surface area contributed by atoms with Crippen LogP contribution < -0.4 is 4.72 Å². The molecular formula is C19H24N2O4S3. The molecule has 1 fully saturated rings. The number of fused-ring (bicyclic) bond motifs is 1. The van der Waals surface area contributed by atoms with Crippen LogP contribution in [0.1, 0.15) is 36.8 Å². The maximum atomic E-state index is 12.8. The van der Waals surface area contributed by atoms with E-state index in [0.717, 1.165) is 31.2 Å². The molecule has 2 heterocycles. The summed E-state index contributed by atoms with van der Waals surface area (Å²) >= 11 is 1.20. The van der Waals surface area contributed by atoms with E-state index >= 15 is 0 Å². The Morgan fingerprint density at radius 3 is 2.36 bits per heavy atom. The van der Waals surface area contributed by atoms with Crippen molar-refractivity contribution < 1.29 is 16.8 Å². The second-order valence-electron chi connectivity index (χ2n) is 7.37. The number of rotatable bonds is 5. The highest BCUT2D eigenvalue weighted by Gasteiger charge is 2.32. The number of nitrogens with one attached hydrogen (secondary N) is 1. The molecule has 2 aliphatic rings. The van der Waals surface area contributed by atoms with Gasteiger partial charge >= 0.3 is 0 Å². The average molecular weight is 441 g/mol. The number of aryl methyl sites for hydroxylation is 2. The van der Waals surface area contributed by atoms with Crippen LogP contribution in [-0.4, -0.2) is 40.3 Å². The van der Waals surface area contributed by atoms with Crippen LogP contribution in [0.15, 0.2) is 44.8 Å². The Labute approximate surface area is 170 Å². The average Bonchev–Trinajstić information content (AvgIpc) is 3.23. The second-order valence-corrected chi connectivity index (χ2v) is 12.2. The molecule has 152 valence electrons. The molecule has 0 amide bonds. The van der Waals surface area contributed by atoms with Gasteiger partial charge < -0.3 is 0 Å². The van der Waals surface area contributed by atoms with Gasteiger partial charge in [0.15, 0.2) is 0 Å². The van der Waals surface area contributed by atoms with Gasteiger partial charge in [0.25, 0.3) is 10.0 Å². The summed E-state index contributed by atoms with van der Waals surface area (Å²) in [4.78, 5) is 0.307. The highest BCUT2D eigenvalue weighted by atomic mass is 32.2. The molecule has 1 aliphatic heterocycles. The first-order valence-corrected chi connectivity index (χ1v) is 13.3. The molecule has 1 saturated heterocycles. The van der Waals surface area contributed by atoms with E-state index in [1.54, 1.807) is 29.6 Å². The molecular weight excluding hydrogens is 416 g/mol. The van der Waals surface area contributed by atoms with Gasteiger partial charge in [-0.15, -0.1) is 11.3 Å². The van der Waals surface area contributed by atoms with Gasteiger partial charge in [0, 0.05) is 19.1 Å². The normalized spacial score (nSPS) is 19.4. The number of hydrogen-bond donors (Lipinski definition) is 1. The highest BCUT2D eigenvalue weighted by Crippen LogP contribution is 2.26. The lowest BCUT2D eigenvalue weighted by molar-refractivity contribution is 0.309. The van der Waals surface area contributed by atoms with Crippen molar-refractivity contribution in [3.05, 3.63) is 46.8 Å². The van der Waals surface area contributed by atoms with E-state index in [2.05, 4.69) is 4.72 Å². The Kier molecular flexibility index (Phi) is 5.63. The first-order valence-electron chi connectivity index (χ1n) is 9.54. The van der Waals surface area contributed by atoms with Gasteiger partial charge in [-0.05, 0) is 73.2 Å². The summed E-state index contributed by atoms with van der Waals surface area (Å²) < 4.78 is 55.4. The minimum atomic E-state index is -3.61. The van der Waals surface area contributed by atoms with Crippen LogP contribution in [0.2, 0.25) is 0 Å². The van der Waals surface area contributed by atoms with E-state index in [0.29, 0.717) is 35.0 Å². The molecule has 0 spiro atoms. The molecule has 0 saturated carbocycles. The van der Waals surface area contributed by atoms with Crippen LogP contribution >= 0.6 is 11.3 Å². The van der Waals surface area contributed by atoms with Crippen molar-refractivity contribution in [1.82, 2.24) is 9.03 Å². The Morgan fingerprint density at radius 2 is 1.68 bits per heavy atom. The predicted octanol–water partition coefficient (Wildman–Crippen LogP) is 2.76. The maximum absolute atomic E-state index is 12.8. The van der Waals surface area contributed by atoms with Crippen LogP contribution in [0.25, 0.3) is 0 Å². The molecule has 9 heteroatoms.